The minimum Gasteiger partial charge on any atom is -0.302 e. The van der Waals surface area contributed by atoms with Crippen LogP contribution in [0.4, 0.5) is 10.8 Å². The van der Waals surface area contributed by atoms with Gasteiger partial charge in [0.15, 0.2) is 0 Å². The monoisotopic (exact) mass is 342 g/mol. The normalized spacial score (nSPS) is 10.3. The van der Waals surface area contributed by atoms with Crippen LogP contribution in [0.5, 0.6) is 0 Å². The highest BCUT2D eigenvalue weighted by Crippen LogP contribution is 2.11. The SMILES string of the molecule is N#CCC(=N)c1nnc(N/N=C/c2ccc([N+](=O)[O-])cc2)sc1=N. The predicted octanol–water partition coefficient (Wildman–Crippen LogP) is 1.65. The molecule has 24 heavy (non-hydrogen) atoms. The van der Waals surface area contributed by atoms with Gasteiger partial charge >= 0.3 is 0 Å². The Hall–Kier alpha value is -3.52. The van der Waals surface area contributed by atoms with Crippen LogP contribution >= 0.6 is 11.3 Å². The molecule has 1 aromatic heterocycles. The van der Waals surface area contributed by atoms with Crippen molar-refractivity contribution in [2.45, 2.75) is 6.42 Å². The summed E-state index contributed by atoms with van der Waals surface area (Å²) in [7, 11) is 0. The topological polar surface area (TPSA) is 165 Å². The van der Waals surface area contributed by atoms with E-state index < -0.39 is 4.92 Å². The van der Waals surface area contributed by atoms with Crippen LogP contribution < -0.4 is 10.1 Å². The summed E-state index contributed by atoms with van der Waals surface area (Å²) in [5.74, 6) is 0. The van der Waals surface area contributed by atoms with Crippen molar-refractivity contribution < 1.29 is 4.92 Å². The fourth-order valence-electron chi connectivity index (χ4n) is 1.56. The first-order chi connectivity index (χ1) is 11.5. The van der Waals surface area contributed by atoms with Crippen LogP contribution in [0.25, 0.3) is 0 Å². The Morgan fingerprint density at radius 3 is 2.75 bits per heavy atom. The second kappa shape index (κ2) is 7.65. The van der Waals surface area contributed by atoms with Crippen LogP contribution in [0.2, 0.25) is 0 Å². The first kappa shape index (κ1) is 16.8. The Bertz CT molecular complexity index is 897. The van der Waals surface area contributed by atoms with Crippen LogP contribution in [0.3, 0.4) is 0 Å². The minimum absolute atomic E-state index is 0.00159. The van der Waals surface area contributed by atoms with E-state index in [1.807, 2.05) is 6.07 Å². The lowest BCUT2D eigenvalue weighted by atomic mass is 10.2. The molecule has 1 aromatic carbocycles. The molecule has 0 aliphatic heterocycles. The number of nitriles is 1. The molecule has 0 fully saturated rings. The van der Waals surface area contributed by atoms with Gasteiger partial charge in [-0.25, -0.2) is 0 Å². The molecule has 0 aliphatic rings. The maximum Gasteiger partial charge on any atom is 0.269 e. The van der Waals surface area contributed by atoms with Crippen LogP contribution in [0.1, 0.15) is 17.7 Å². The predicted molar refractivity (Wildman–Crippen MR) is 87.1 cm³/mol. The van der Waals surface area contributed by atoms with E-state index in [2.05, 4.69) is 20.7 Å². The van der Waals surface area contributed by atoms with Crippen molar-refractivity contribution in [1.82, 2.24) is 10.2 Å². The maximum absolute atomic E-state index is 10.6. The lowest BCUT2D eigenvalue weighted by Gasteiger charge is -2.00. The van der Waals surface area contributed by atoms with Gasteiger partial charge in [0.2, 0.25) is 5.13 Å². The molecule has 0 radical (unpaired) electrons. The van der Waals surface area contributed by atoms with Crippen molar-refractivity contribution in [3.05, 3.63) is 50.3 Å². The van der Waals surface area contributed by atoms with E-state index in [1.165, 1.54) is 18.3 Å². The van der Waals surface area contributed by atoms with Crippen molar-refractivity contribution in [2.75, 3.05) is 5.43 Å². The molecule has 0 aliphatic carbocycles. The highest BCUT2D eigenvalue weighted by molar-refractivity contribution is 7.13. The number of hydrogen-bond acceptors (Lipinski definition) is 10. The van der Waals surface area contributed by atoms with Crippen LogP contribution in [0.15, 0.2) is 29.4 Å². The first-order valence-corrected chi connectivity index (χ1v) is 7.23. The summed E-state index contributed by atoms with van der Waals surface area (Å²) in [5.41, 5.74) is 3.22. The quantitative estimate of drug-likeness (QED) is 0.410. The van der Waals surface area contributed by atoms with Gasteiger partial charge in [-0.2, -0.15) is 10.4 Å². The molecule has 120 valence electrons. The van der Waals surface area contributed by atoms with E-state index in [-0.39, 0.29) is 33.3 Å². The van der Waals surface area contributed by atoms with E-state index in [0.29, 0.717) is 5.56 Å². The summed E-state index contributed by atoms with van der Waals surface area (Å²) in [6, 6.07) is 7.63. The van der Waals surface area contributed by atoms with Crippen LogP contribution in [-0.4, -0.2) is 27.0 Å². The van der Waals surface area contributed by atoms with Crippen molar-refractivity contribution in [3.8, 4) is 6.07 Å². The molecule has 3 N–H and O–H groups in total. The van der Waals surface area contributed by atoms with Crippen molar-refractivity contribution in [1.29, 1.82) is 16.1 Å². The summed E-state index contributed by atoms with van der Waals surface area (Å²) in [5, 5.41) is 46.2. The average Bonchev–Trinajstić information content (AvgIpc) is 2.55. The van der Waals surface area contributed by atoms with Crippen molar-refractivity contribution in [3.63, 3.8) is 0 Å². The second-order valence-electron chi connectivity index (χ2n) is 4.32. The van der Waals surface area contributed by atoms with E-state index in [1.54, 1.807) is 12.1 Å². The third-order valence-corrected chi connectivity index (χ3v) is 3.44. The molecule has 0 atom stereocenters. The Balaban J connectivity index is 2.05. The number of nitro groups is 1. The highest BCUT2D eigenvalue weighted by Gasteiger charge is 2.08. The number of hydrogen-bond donors (Lipinski definition) is 3. The number of rotatable bonds is 6. The second-order valence-corrected chi connectivity index (χ2v) is 5.32. The summed E-state index contributed by atoms with van der Waals surface area (Å²) in [6.07, 6.45) is 1.30. The number of aromatic nitrogens is 2. The Labute approximate surface area is 139 Å². The van der Waals surface area contributed by atoms with Gasteiger partial charge in [0.1, 0.15) is 10.4 Å². The molecule has 1 heterocycles. The molecule has 11 heteroatoms. The summed E-state index contributed by atoms with van der Waals surface area (Å²) >= 11 is 0.928. The van der Waals surface area contributed by atoms with Gasteiger partial charge in [-0.15, -0.1) is 10.2 Å². The summed E-state index contributed by atoms with van der Waals surface area (Å²) in [6.45, 7) is 0. The number of hydrazone groups is 1. The fraction of sp³-hybridized carbons (Fsp3) is 0.0769. The number of nitro benzene ring substituents is 1. The molecule has 10 nitrogen and oxygen atoms in total. The van der Waals surface area contributed by atoms with Gasteiger partial charge in [-0.1, -0.05) is 11.3 Å². The molecule has 0 saturated heterocycles. The van der Waals surface area contributed by atoms with Gasteiger partial charge in [0.25, 0.3) is 5.69 Å². The standard InChI is InChI=1S/C13H10N8O2S/c14-6-5-10(15)11-12(16)24-13(20-18-11)19-17-7-8-1-3-9(4-2-8)21(22)23/h1-4,7,15-16H,5H2,(H,19,20)/b15-10?,16-12?,17-7+. The minimum atomic E-state index is -0.488. The number of non-ortho nitro benzene ring substituents is 1. The molecular formula is C13H10N8O2S. The third kappa shape index (κ3) is 4.24. The zero-order valence-electron chi connectivity index (χ0n) is 12.1. The molecule has 0 unspecified atom stereocenters. The van der Waals surface area contributed by atoms with Crippen molar-refractivity contribution >= 4 is 34.1 Å². The van der Waals surface area contributed by atoms with Gasteiger partial charge < -0.3 is 5.41 Å². The number of benzene rings is 1. The average molecular weight is 342 g/mol. The summed E-state index contributed by atoms with van der Waals surface area (Å²) < 4.78 is -0.00159. The fourth-order valence-corrected chi connectivity index (χ4v) is 2.19. The molecule has 2 aromatic rings. The van der Waals surface area contributed by atoms with E-state index in [9.17, 15) is 10.1 Å². The Morgan fingerprint density at radius 2 is 2.17 bits per heavy atom. The molecule has 2 rings (SSSR count). The molecule has 0 saturated carbocycles. The van der Waals surface area contributed by atoms with Crippen LogP contribution in [-0.2, 0) is 0 Å². The number of anilines is 1. The molecule has 0 bridgehead atoms. The van der Waals surface area contributed by atoms with Gasteiger partial charge in [0, 0.05) is 12.1 Å². The third-order valence-electron chi connectivity index (χ3n) is 2.67. The molecular weight excluding hydrogens is 332 g/mol. The van der Waals surface area contributed by atoms with Crippen molar-refractivity contribution in [2.24, 2.45) is 5.10 Å². The zero-order chi connectivity index (χ0) is 17.5. The lowest BCUT2D eigenvalue weighted by Crippen LogP contribution is -2.16. The van der Waals surface area contributed by atoms with Crippen LogP contribution in [0, 0.1) is 32.3 Å². The lowest BCUT2D eigenvalue weighted by molar-refractivity contribution is -0.384. The zero-order valence-corrected chi connectivity index (χ0v) is 12.9. The van der Waals surface area contributed by atoms with Gasteiger partial charge in [0.05, 0.1) is 29.3 Å². The Kier molecular flexibility index (Phi) is 5.37. The number of nitrogens with one attached hydrogen (secondary N) is 3. The number of nitrogens with zero attached hydrogens (tertiary/aromatic N) is 5. The molecule has 0 spiro atoms. The summed E-state index contributed by atoms with van der Waals surface area (Å²) in [4.78, 5) is 10.1. The smallest absolute Gasteiger partial charge is 0.269 e. The van der Waals surface area contributed by atoms with Gasteiger partial charge in [-0.05, 0) is 17.7 Å². The Morgan fingerprint density at radius 1 is 1.46 bits per heavy atom. The largest absolute Gasteiger partial charge is 0.302 e. The van der Waals surface area contributed by atoms with E-state index in [0.717, 1.165) is 11.3 Å². The molecule has 0 amide bonds. The highest BCUT2D eigenvalue weighted by atomic mass is 32.1. The van der Waals surface area contributed by atoms with E-state index in [4.69, 9.17) is 16.1 Å². The first-order valence-electron chi connectivity index (χ1n) is 6.42. The maximum atomic E-state index is 10.6. The van der Waals surface area contributed by atoms with E-state index >= 15 is 0 Å². The van der Waals surface area contributed by atoms with Gasteiger partial charge in [-0.3, -0.25) is 20.9 Å².